The molecular weight excluding hydrogens is 318 g/mol. The summed E-state index contributed by atoms with van der Waals surface area (Å²) in [6, 6.07) is 6.97. The number of nitro groups is 2. The van der Waals surface area contributed by atoms with E-state index >= 15 is 0 Å². The molecule has 0 saturated heterocycles. The number of nitrogens with zero attached hydrogens (tertiary/aromatic N) is 3. The van der Waals surface area contributed by atoms with Gasteiger partial charge in [0.05, 0.1) is 27.2 Å². The monoisotopic (exact) mass is 329 g/mol. The molecule has 0 spiro atoms. The van der Waals surface area contributed by atoms with E-state index in [-0.39, 0.29) is 23.7 Å². The fourth-order valence-corrected chi connectivity index (χ4v) is 2.20. The Balaban J connectivity index is 2.02. The molecule has 0 aromatic heterocycles. The summed E-state index contributed by atoms with van der Waals surface area (Å²) in [5.41, 5.74) is 0.991. The molecule has 0 saturated carbocycles. The number of aliphatic imine (C=N–C) groups is 1. The lowest BCUT2D eigenvalue weighted by Gasteiger charge is -2.02. The molecule has 1 aliphatic rings. The molecule has 24 heavy (non-hydrogen) atoms. The quantitative estimate of drug-likeness (QED) is 0.482. The Kier molecular flexibility index (Phi) is 3.82. The Morgan fingerprint density at radius 3 is 2.46 bits per heavy atom. The normalized spacial score (nSPS) is 12.5. The highest BCUT2D eigenvalue weighted by atomic mass is 16.7. The Bertz CT molecular complexity index is 878. The third-order valence-electron chi connectivity index (χ3n) is 3.46. The topological polar surface area (TPSA) is 117 Å². The molecule has 2 aromatic carbocycles. The molecule has 0 amide bonds. The molecule has 0 N–H and O–H groups in total. The maximum Gasteiger partial charge on any atom is 0.282 e. The van der Waals surface area contributed by atoms with E-state index in [2.05, 4.69) is 4.99 Å². The predicted octanol–water partition coefficient (Wildman–Crippen LogP) is 3.29. The van der Waals surface area contributed by atoms with Gasteiger partial charge in [-0.25, -0.2) is 0 Å². The molecule has 0 fully saturated rings. The molecular formula is C15H11N3O6. The highest BCUT2D eigenvalue weighted by Gasteiger charge is 2.22. The summed E-state index contributed by atoms with van der Waals surface area (Å²) >= 11 is 0. The maximum absolute atomic E-state index is 11.2. The van der Waals surface area contributed by atoms with Crippen molar-refractivity contribution in [2.24, 2.45) is 4.99 Å². The average Bonchev–Trinajstić information content (AvgIpc) is 3.00. The summed E-state index contributed by atoms with van der Waals surface area (Å²) in [5, 5.41) is 22.0. The van der Waals surface area contributed by atoms with Crippen molar-refractivity contribution in [2.75, 3.05) is 6.79 Å². The zero-order chi connectivity index (χ0) is 17.3. The van der Waals surface area contributed by atoms with E-state index in [0.29, 0.717) is 22.7 Å². The second-order valence-corrected chi connectivity index (χ2v) is 5.01. The van der Waals surface area contributed by atoms with E-state index in [0.717, 1.165) is 0 Å². The number of aryl methyl sites for hydroxylation is 1. The Morgan fingerprint density at radius 2 is 1.79 bits per heavy atom. The number of hydrogen-bond donors (Lipinski definition) is 0. The van der Waals surface area contributed by atoms with Gasteiger partial charge in [0, 0.05) is 18.3 Å². The molecule has 2 aromatic rings. The van der Waals surface area contributed by atoms with Gasteiger partial charge in [-0.2, -0.15) is 0 Å². The Hall–Kier alpha value is -3.49. The summed E-state index contributed by atoms with van der Waals surface area (Å²) < 4.78 is 10.3. The minimum Gasteiger partial charge on any atom is -0.454 e. The third-order valence-corrected chi connectivity index (χ3v) is 3.46. The fourth-order valence-electron chi connectivity index (χ4n) is 2.20. The van der Waals surface area contributed by atoms with Gasteiger partial charge in [-0.05, 0) is 18.6 Å². The van der Waals surface area contributed by atoms with Gasteiger partial charge in [0.2, 0.25) is 6.79 Å². The van der Waals surface area contributed by atoms with Crippen LogP contribution < -0.4 is 9.47 Å². The smallest absolute Gasteiger partial charge is 0.282 e. The summed E-state index contributed by atoms with van der Waals surface area (Å²) in [6.07, 6.45) is 1.28. The van der Waals surface area contributed by atoms with Gasteiger partial charge >= 0.3 is 0 Å². The van der Waals surface area contributed by atoms with Crippen LogP contribution in [0.15, 0.2) is 35.3 Å². The predicted molar refractivity (Wildman–Crippen MR) is 84.3 cm³/mol. The lowest BCUT2D eigenvalue weighted by Crippen LogP contribution is -1.95. The molecule has 0 radical (unpaired) electrons. The van der Waals surface area contributed by atoms with Crippen LogP contribution in [0.1, 0.15) is 11.1 Å². The Labute approximate surface area is 135 Å². The van der Waals surface area contributed by atoms with Crippen LogP contribution >= 0.6 is 0 Å². The first-order valence-corrected chi connectivity index (χ1v) is 6.83. The van der Waals surface area contributed by atoms with Crippen LogP contribution in [0.5, 0.6) is 11.5 Å². The summed E-state index contributed by atoms with van der Waals surface area (Å²) in [6.45, 7) is 1.74. The van der Waals surface area contributed by atoms with Crippen molar-refractivity contribution < 1.29 is 19.3 Å². The van der Waals surface area contributed by atoms with E-state index in [4.69, 9.17) is 9.47 Å². The average molecular weight is 329 g/mol. The molecule has 9 heteroatoms. The van der Waals surface area contributed by atoms with Crippen LogP contribution in [0.4, 0.5) is 17.1 Å². The summed E-state index contributed by atoms with van der Waals surface area (Å²) in [7, 11) is 0. The number of fused-ring (bicyclic) bond motifs is 1. The summed E-state index contributed by atoms with van der Waals surface area (Å²) in [4.78, 5) is 25.1. The number of non-ortho nitro benzene ring substituents is 1. The highest BCUT2D eigenvalue weighted by molar-refractivity contribution is 5.89. The minimum atomic E-state index is -0.552. The number of ether oxygens (including phenoxy) is 2. The minimum absolute atomic E-state index is 0.00290. The van der Waals surface area contributed by atoms with Gasteiger partial charge in [0.15, 0.2) is 11.5 Å². The van der Waals surface area contributed by atoms with Crippen molar-refractivity contribution in [1.82, 2.24) is 0 Å². The van der Waals surface area contributed by atoms with E-state index < -0.39 is 9.85 Å². The standard InChI is InChI=1S/C15H11N3O6/c1-9-2-3-11(17(19)20)5-12(9)16-7-10-4-14-15(24-8-23-14)6-13(10)18(21)22/h2-7H,8H2,1H3. The number of nitro benzene ring substituents is 2. The first-order valence-electron chi connectivity index (χ1n) is 6.83. The maximum atomic E-state index is 11.2. The number of benzene rings is 2. The molecule has 0 bridgehead atoms. The van der Waals surface area contributed by atoms with Crippen LogP contribution in [0, 0.1) is 27.2 Å². The summed E-state index contributed by atoms with van der Waals surface area (Å²) in [5.74, 6) is 0.684. The van der Waals surface area contributed by atoms with Crippen LogP contribution in [-0.4, -0.2) is 22.9 Å². The van der Waals surface area contributed by atoms with Gasteiger partial charge in [-0.3, -0.25) is 25.2 Å². The molecule has 1 heterocycles. The van der Waals surface area contributed by atoms with E-state index in [9.17, 15) is 20.2 Å². The number of rotatable bonds is 4. The molecule has 9 nitrogen and oxygen atoms in total. The van der Waals surface area contributed by atoms with Crippen molar-refractivity contribution in [1.29, 1.82) is 0 Å². The van der Waals surface area contributed by atoms with Crippen molar-refractivity contribution in [3.63, 3.8) is 0 Å². The number of hydrogen-bond acceptors (Lipinski definition) is 7. The second kappa shape index (κ2) is 5.95. The highest BCUT2D eigenvalue weighted by Crippen LogP contribution is 2.37. The third kappa shape index (κ3) is 2.86. The zero-order valence-electron chi connectivity index (χ0n) is 12.5. The lowest BCUT2D eigenvalue weighted by atomic mass is 10.1. The second-order valence-electron chi connectivity index (χ2n) is 5.01. The van der Waals surface area contributed by atoms with Crippen molar-refractivity contribution in [3.8, 4) is 11.5 Å². The molecule has 1 aliphatic heterocycles. The van der Waals surface area contributed by atoms with Gasteiger partial charge < -0.3 is 9.47 Å². The van der Waals surface area contributed by atoms with Crippen LogP contribution in [0.25, 0.3) is 0 Å². The van der Waals surface area contributed by atoms with Gasteiger partial charge in [0.1, 0.15) is 0 Å². The van der Waals surface area contributed by atoms with E-state index in [1.54, 1.807) is 13.0 Å². The van der Waals surface area contributed by atoms with Crippen molar-refractivity contribution >= 4 is 23.3 Å². The fraction of sp³-hybridized carbons (Fsp3) is 0.133. The van der Waals surface area contributed by atoms with Gasteiger partial charge in [-0.15, -0.1) is 0 Å². The van der Waals surface area contributed by atoms with Crippen molar-refractivity contribution in [2.45, 2.75) is 6.92 Å². The van der Waals surface area contributed by atoms with E-state index in [1.165, 1.54) is 30.5 Å². The molecule has 122 valence electrons. The van der Waals surface area contributed by atoms with Gasteiger partial charge in [-0.1, -0.05) is 6.07 Å². The molecule has 0 atom stereocenters. The van der Waals surface area contributed by atoms with Crippen LogP contribution in [0.2, 0.25) is 0 Å². The SMILES string of the molecule is Cc1ccc([N+](=O)[O-])cc1N=Cc1cc2c(cc1[N+](=O)[O-])OCO2. The first kappa shape index (κ1) is 15.4. The molecule has 0 unspecified atom stereocenters. The van der Waals surface area contributed by atoms with Crippen LogP contribution in [0.3, 0.4) is 0 Å². The van der Waals surface area contributed by atoms with Crippen LogP contribution in [-0.2, 0) is 0 Å². The largest absolute Gasteiger partial charge is 0.454 e. The lowest BCUT2D eigenvalue weighted by molar-refractivity contribution is -0.385. The Morgan fingerprint density at radius 1 is 1.08 bits per heavy atom. The molecule has 3 rings (SSSR count). The first-order chi connectivity index (χ1) is 11.5. The zero-order valence-corrected chi connectivity index (χ0v) is 12.5. The molecule has 0 aliphatic carbocycles. The van der Waals surface area contributed by atoms with E-state index in [1.807, 2.05) is 0 Å². The van der Waals surface area contributed by atoms with Crippen molar-refractivity contribution in [3.05, 3.63) is 61.7 Å². The van der Waals surface area contributed by atoms with Gasteiger partial charge in [0.25, 0.3) is 11.4 Å².